The molecule has 0 spiro atoms. The third kappa shape index (κ3) is 2.72. The topological polar surface area (TPSA) is 75.1 Å². The van der Waals surface area contributed by atoms with Crippen molar-refractivity contribution in [3.8, 4) is 0 Å². The Labute approximate surface area is 109 Å². The highest BCUT2D eigenvalue weighted by atomic mass is 32.1. The monoisotopic (exact) mass is 263 g/mol. The molecule has 1 aromatic heterocycles. The van der Waals surface area contributed by atoms with Crippen LogP contribution in [0.2, 0.25) is 0 Å². The van der Waals surface area contributed by atoms with Gasteiger partial charge < -0.3 is 10.4 Å². The highest BCUT2D eigenvalue weighted by molar-refractivity contribution is 7.08. The summed E-state index contributed by atoms with van der Waals surface area (Å²) in [5.41, 5.74) is 1.46. The Morgan fingerprint density at radius 3 is 2.72 bits per heavy atom. The Hall–Kier alpha value is -1.79. The molecule has 2 rings (SSSR count). The molecule has 18 heavy (non-hydrogen) atoms. The van der Waals surface area contributed by atoms with E-state index < -0.39 is 6.04 Å². The van der Waals surface area contributed by atoms with Crippen LogP contribution in [0.15, 0.2) is 30.3 Å². The minimum atomic E-state index is -0.416. The van der Waals surface area contributed by atoms with Gasteiger partial charge in [-0.3, -0.25) is 4.79 Å². The van der Waals surface area contributed by atoms with Crippen LogP contribution >= 0.6 is 11.5 Å². The van der Waals surface area contributed by atoms with Crippen molar-refractivity contribution >= 4 is 17.4 Å². The van der Waals surface area contributed by atoms with Gasteiger partial charge >= 0.3 is 0 Å². The quantitative estimate of drug-likeness (QED) is 0.872. The van der Waals surface area contributed by atoms with E-state index in [4.69, 9.17) is 0 Å². The van der Waals surface area contributed by atoms with Gasteiger partial charge in [0.2, 0.25) is 0 Å². The van der Waals surface area contributed by atoms with Crippen LogP contribution in [0, 0.1) is 6.92 Å². The summed E-state index contributed by atoms with van der Waals surface area (Å²) in [6.45, 7) is 1.58. The standard InChI is InChI=1S/C12H13N3O2S/c1-8-11(18-15-14-8)12(17)13-10(7-16)9-5-3-2-4-6-9/h2-6,10,16H,7H2,1H3,(H,13,17)/t10-/m1/s1. The number of benzene rings is 1. The van der Waals surface area contributed by atoms with Crippen LogP contribution in [0.1, 0.15) is 27.0 Å². The molecular formula is C12H13N3O2S. The molecule has 1 aromatic carbocycles. The molecule has 2 aromatic rings. The smallest absolute Gasteiger partial charge is 0.265 e. The second-order valence-corrected chi connectivity index (χ2v) is 4.56. The van der Waals surface area contributed by atoms with Gasteiger partial charge in [0.1, 0.15) is 4.88 Å². The number of amides is 1. The number of carbonyl (C=O) groups excluding carboxylic acids is 1. The van der Waals surface area contributed by atoms with Crippen molar-refractivity contribution in [1.82, 2.24) is 14.9 Å². The van der Waals surface area contributed by atoms with Gasteiger partial charge in [-0.15, -0.1) is 5.10 Å². The van der Waals surface area contributed by atoms with Crippen LogP contribution in [0.4, 0.5) is 0 Å². The maximum Gasteiger partial charge on any atom is 0.265 e. The Morgan fingerprint density at radius 1 is 1.44 bits per heavy atom. The number of aliphatic hydroxyl groups excluding tert-OH is 1. The molecule has 0 aliphatic rings. The molecule has 0 bridgehead atoms. The average Bonchev–Trinajstić information content (AvgIpc) is 2.83. The second kappa shape index (κ2) is 5.70. The van der Waals surface area contributed by atoms with E-state index in [1.54, 1.807) is 6.92 Å². The van der Waals surface area contributed by atoms with Crippen molar-refractivity contribution in [2.24, 2.45) is 0 Å². The van der Waals surface area contributed by atoms with Crippen molar-refractivity contribution in [2.45, 2.75) is 13.0 Å². The fourth-order valence-electron chi connectivity index (χ4n) is 1.58. The lowest BCUT2D eigenvalue weighted by molar-refractivity contribution is 0.0919. The molecule has 0 aliphatic carbocycles. The number of aliphatic hydroxyl groups is 1. The van der Waals surface area contributed by atoms with E-state index >= 15 is 0 Å². The Balaban J connectivity index is 2.13. The van der Waals surface area contributed by atoms with Crippen LogP contribution in [-0.2, 0) is 0 Å². The molecule has 0 saturated carbocycles. The number of rotatable bonds is 4. The van der Waals surface area contributed by atoms with Crippen LogP contribution in [0.25, 0.3) is 0 Å². The zero-order valence-corrected chi connectivity index (χ0v) is 10.6. The summed E-state index contributed by atoms with van der Waals surface area (Å²) < 4.78 is 3.72. The molecule has 0 radical (unpaired) electrons. The van der Waals surface area contributed by atoms with Crippen molar-refractivity contribution in [2.75, 3.05) is 6.61 Å². The molecule has 0 saturated heterocycles. The first-order chi connectivity index (χ1) is 8.72. The molecule has 0 aliphatic heterocycles. The number of carbonyl (C=O) groups is 1. The van der Waals surface area contributed by atoms with E-state index in [0.29, 0.717) is 10.6 Å². The Bertz CT molecular complexity index is 527. The number of hydrogen-bond donors (Lipinski definition) is 2. The van der Waals surface area contributed by atoms with Gasteiger partial charge in [-0.1, -0.05) is 34.8 Å². The summed E-state index contributed by atoms with van der Waals surface area (Å²) >= 11 is 1.05. The van der Waals surface area contributed by atoms with Gasteiger partial charge in [0, 0.05) is 0 Å². The molecule has 0 fully saturated rings. The highest BCUT2D eigenvalue weighted by Crippen LogP contribution is 2.15. The van der Waals surface area contributed by atoms with Gasteiger partial charge in [0.05, 0.1) is 18.3 Å². The number of aryl methyl sites for hydroxylation is 1. The van der Waals surface area contributed by atoms with E-state index in [-0.39, 0.29) is 12.5 Å². The summed E-state index contributed by atoms with van der Waals surface area (Å²) in [7, 11) is 0. The predicted octanol–water partition coefficient (Wildman–Crippen LogP) is 1.31. The maximum absolute atomic E-state index is 12.0. The summed E-state index contributed by atoms with van der Waals surface area (Å²) in [4.78, 5) is 12.5. The van der Waals surface area contributed by atoms with Crippen LogP contribution in [0.5, 0.6) is 0 Å². The SMILES string of the molecule is Cc1nnsc1C(=O)N[C@H](CO)c1ccccc1. The van der Waals surface area contributed by atoms with Crippen molar-refractivity contribution in [1.29, 1.82) is 0 Å². The second-order valence-electron chi connectivity index (χ2n) is 3.81. The minimum Gasteiger partial charge on any atom is -0.394 e. The van der Waals surface area contributed by atoms with Gasteiger partial charge in [-0.05, 0) is 24.0 Å². The first-order valence-corrected chi connectivity index (χ1v) is 6.25. The van der Waals surface area contributed by atoms with Gasteiger partial charge in [0.25, 0.3) is 5.91 Å². The fraction of sp³-hybridized carbons (Fsp3) is 0.250. The molecule has 5 nitrogen and oxygen atoms in total. The minimum absolute atomic E-state index is 0.152. The molecule has 6 heteroatoms. The lowest BCUT2D eigenvalue weighted by Gasteiger charge is -2.16. The van der Waals surface area contributed by atoms with E-state index in [1.807, 2.05) is 30.3 Å². The molecular weight excluding hydrogens is 250 g/mol. The third-order valence-electron chi connectivity index (χ3n) is 2.55. The van der Waals surface area contributed by atoms with Gasteiger partial charge in [0.15, 0.2) is 0 Å². The fourth-order valence-corrected chi connectivity index (χ4v) is 2.14. The molecule has 2 N–H and O–H groups in total. The molecule has 1 heterocycles. The van der Waals surface area contributed by atoms with E-state index in [9.17, 15) is 9.90 Å². The lowest BCUT2D eigenvalue weighted by atomic mass is 10.1. The normalized spacial score (nSPS) is 12.1. The maximum atomic E-state index is 12.0. The first kappa shape index (κ1) is 12.7. The molecule has 94 valence electrons. The van der Waals surface area contributed by atoms with Crippen molar-refractivity contribution < 1.29 is 9.90 Å². The summed E-state index contributed by atoms with van der Waals surface area (Å²) in [5.74, 6) is -0.259. The average molecular weight is 263 g/mol. The number of aromatic nitrogens is 2. The lowest BCUT2D eigenvalue weighted by Crippen LogP contribution is -2.30. The molecule has 1 amide bonds. The van der Waals surface area contributed by atoms with Gasteiger partial charge in [-0.25, -0.2) is 0 Å². The zero-order valence-electron chi connectivity index (χ0n) is 9.83. The first-order valence-electron chi connectivity index (χ1n) is 5.48. The van der Waals surface area contributed by atoms with Crippen LogP contribution < -0.4 is 5.32 Å². The van der Waals surface area contributed by atoms with Crippen LogP contribution in [0.3, 0.4) is 0 Å². The summed E-state index contributed by atoms with van der Waals surface area (Å²) in [6.07, 6.45) is 0. The Morgan fingerprint density at radius 2 is 2.17 bits per heavy atom. The predicted molar refractivity (Wildman–Crippen MR) is 68.4 cm³/mol. The van der Waals surface area contributed by atoms with E-state index in [1.165, 1.54) is 0 Å². The summed E-state index contributed by atoms with van der Waals surface area (Å²) in [6, 6.07) is 8.92. The summed E-state index contributed by atoms with van der Waals surface area (Å²) in [5, 5.41) is 15.9. The van der Waals surface area contributed by atoms with Crippen LogP contribution in [-0.4, -0.2) is 27.2 Å². The van der Waals surface area contributed by atoms with Crippen molar-refractivity contribution in [3.63, 3.8) is 0 Å². The third-order valence-corrected chi connectivity index (χ3v) is 3.37. The number of nitrogens with zero attached hydrogens (tertiary/aromatic N) is 2. The van der Waals surface area contributed by atoms with E-state index in [2.05, 4.69) is 14.9 Å². The molecule has 0 unspecified atom stereocenters. The highest BCUT2D eigenvalue weighted by Gasteiger charge is 2.18. The largest absolute Gasteiger partial charge is 0.394 e. The van der Waals surface area contributed by atoms with Crippen molar-refractivity contribution in [3.05, 3.63) is 46.5 Å². The Kier molecular flexibility index (Phi) is 4.01. The zero-order chi connectivity index (χ0) is 13.0. The molecule has 1 atom stereocenters. The van der Waals surface area contributed by atoms with Gasteiger partial charge in [-0.2, -0.15) is 0 Å². The number of hydrogen-bond acceptors (Lipinski definition) is 5. The van der Waals surface area contributed by atoms with E-state index in [0.717, 1.165) is 17.1 Å². The number of nitrogens with one attached hydrogen (secondary N) is 1.